The lowest BCUT2D eigenvalue weighted by Gasteiger charge is -2.54. The van der Waals surface area contributed by atoms with E-state index in [4.69, 9.17) is 14.2 Å². The van der Waals surface area contributed by atoms with Crippen LogP contribution in [-0.4, -0.2) is 36.9 Å². The standard InChI is InChI=1S/C32H58O5/c1-3-5-7-9-11-13-15-17-19-21-26-35-30(33)29-28-24-23-25-32(29,37-28)31(34)36-27-22-20-18-16-14-12-10-8-6-4-2/h28-29H,3-27H2,1-2H3. The molecule has 216 valence electrons. The van der Waals surface area contributed by atoms with Crippen molar-refractivity contribution < 1.29 is 23.8 Å². The number of esters is 2. The molecule has 0 N–H and O–H groups in total. The van der Waals surface area contributed by atoms with Crippen molar-refractivity contribution in [2.75, 3.05) is 13.2 Å². The Labute approximate surface area is 228 Å². The number of unbranched alkanes of at least 4 members (excludes halogenated alkanes) is 18. The van der Waals surface area contributed by atoms with Crippen molar-refractivity contribution in [2.24, 2.45) is 5.92 Å². The molecule has 0 aromatic heterocycles. The monoisotopic (exact) mass is 522 g/mol. The maximum Gasteiger partial charge on any atom is 0.339 e. The Hall–Kier alpha value is -1.10. The van der Waals surface area contributed by atoms with Gasteiger partial charge in [-0.05, 0) is 32.1 Å². The van der Waals surface area contributed by atoms with Gasteiger partial charge >= 0.3 is 11.9 Å². The molecule has 2 bridgehead atoms. The van der Waals surface area contributed by atoms with Gasteiger partial charge in [-0.15, -0.1) is 0 Å². The minimum absolute atomic E-state index is 0.182. The van der Waals surface area contributed by atoms with Gasteiger partial charge in [0.2, 0.25) is 0 Å². The molecule has 3 fully saturated rings. The van der Waals surface area contributed by atoms with Crippen LogP contribution in [0.2, 0.25) is 0 Å². The van der Waals surface area contributed by atoms with E-state index in [1.165, 1.54) is 103 Å². The molecule has 1 saturated carbocycles. The molecule has 2 saturated heterocycles. The second-order valence-electron chi connectivity index (χ2n) is 11.6. The number of fused-ring (bicyclic) bond motifs is 2. The topological polar surface area (TPSA) is 61.8 Å². The van der Waals surface area contributed by atoms with Crippen molar-refractivity contribution >= 4 is 11.9 Å². The molecule has 0 radical (unpaired) electrons. The van der Waals surface area contributed by atoms with Crippen LogP contribution in [0.5, 0.6) is 0 Å². The first-order chi connectivity index (χ1) is 18.2. The molecule has 5 nitrogen and oxygen atoms in total. The highest BCUT2D eigenvalue weighted by Crippen LogP contribution is 2.50. The number of carbonyl (C=O) groups is 2. The summed E-state index contributed by atoms with van der Waals surface area (Å²) in [4.78, 5) is 25.8. The van der Waals surface area contributed by atoms with Gasteiger partial charge in [0.1, 0.15) is 5.92 Å². The molecule has 3 aliphatic rings. The van der Waals surface area contributed by atoms with Crippen molar-refractivity contribution in [3.8, 4) is 0 Å². The van der Waals surface area contributed by atoms with E-state index >= 15 is 0 Å². The molecule has 3 atom stereocenters. The lowest BCUT2D eigenvalue weighted by molar-refractivity contribution is -0.284. The largest absolute Gasteiger partial charge is 0.465 e. The lowest BCUT2D eigenvalue weighted by atomic mass is 9.67. The van der Waals surface area contributed by atoms with Gasteiger partial charge < -0.3 is 14.2 Å². The number of rotatable bonds is 24. The minimum atomic E-state index is -1.09. The summed E-state index contributed by atoms with van der Waals surface area (Å²) >= 11 is 0. The molecule has 5 heteroatoms. The van der Waals surface area contributed by atoms with Crippen LogP contribution in [-0.2, 0) is 23.8 Å². The quantitative estimate of drug-likeness (QED) is 0.0935. The van der Waals surface area contributed by atoms with Crippen molar-refractivity contribution in [1.29, 1.82) is 0 Å². The molecule has 37 heavy (non-hydrogen) atoms. The minimum Gasteiger partial charge on any atom is -0.465 e. The molecule has 3 unspecified atom stereocenters. The zero-order valence-electron chi connectivity index (χ0n) is 24.4. The summed E-state index contributed by atoms with van der Waals surface area (Å²) in [5, 5.41) is 0. The van der Waals surface area contributed by atoms with Crippen LogP contribution < -0.4 is 0 Å². The summed E-state index contributed by atoms with van der Waals surface area (Å²) in [5.74, 6) is -1.09. The van der Waals surface area contributed by atoms with Crippen molar-refractivity contribution in [3.05, 3.63) is 0 Å². The van der Waals surface area contributed by atoms with Crippen LogP contribution in [0.15, 0.2) is 0 Å². The maximum atomic E-state index is 12.9. The summed E-state index contributed by atoms with van der Waals surface area (Å²) in [5.41, 5.74) is -1.09. The molecule has 1 aliphatic carbocycles. The molecule has 0 spiro atoms. The summed E-state index contributed by atoms with van der Waals surface area (Å²) < 4.78 is 17.2. The smallest absolute Gasteiger partial charge is 0.339 e. The van der Waals surface area contributed by atoms with Crippen LogP contribution in [0.25, 0.3) is 0 Å². The van der Waals surface area contributed by atoms with Crippen molar-refractivity contribution in [3.63, 3.8) is 0 Å². The molecular weight excluding hydrogens is 464 g/mol. The van der Waals surface area contributed by atoms with Gasteiger partial charge in [0.25, 0.3) is 0 Å². The maximum absolute atomic E-state index is 12.9. The Bertz CT molecular complexity index is 602. The van der Waals surface area contributed by atoms with Gasteiger partial charge in [-0.3, -0.25) is 4.79 Å². The Balaban J connectivity index is 1.54. The van der Waals surface area contributed by atoms with Gasteiger partial charge in [-0.25, -0.2) is 4.79 Å². The Kier molecular flexibility index (Phi) is 17.3. The Morgan fingerprint density at radius 2 is 1.08 bits per heavy atom. The van der Waals surface area contributed by atoms with E-state index in [-0.39, 0.29) is 18.0 Å². The molecule has 2 heterocycles. The number of hydrogen-bond acceptors (Lipinski definition) is 5. The van der Waals surface area contributed by atoms with Crippen LogP contribution in [0.1, 0.15) is 162 Å². The van der Waals surface area contributed by atoms with Crippen LogP contribution in [0.4, 0.5) is 0 Å². The van der Waals surface area contributed by atoms with Gasteiger partial charge in [0.15, 0.2) is 5.60 Å². The third-order valence-corrected chi connectivity index (χ3v) is 8.35. The first-order valence-electron chi connectivity index (χ1n) is 16.2. The van der Waals surface area contributed by atoms with Gasteiger partial charge in [-0.2, -0.15) is 0 Å². The number of ether oxygens (including phenoxy) is 3. The highest BCUT2D eigenvalue weighted by Gasteiger charge is 2.67. The first kappa shape index (κ1) is 32.1. The van der Waals surface area contributed by atoms with Crippen molar-refractivity contribution in [2.45, 2.75) is 173 Å². The van der Waals surface area contributed by atoms with E-state index in [9.17, 15) is 9.59 Å². The van der Waals surface area contributed by atoms with Crippen LogP contribution in [0.3, 0.4) is 0 Å². The SMILES string of the molecule is CCCCCCCCCCCCOC(=O)C1C2CCCC1(C(=O)OCCCCCCCCCCCC)O2. The fourth-order valence-corrected chi connectivity index (χ4v) is 5.99. The Morgan fingerprint density at radius 1 is 0.649 bits per heavy atom. The third kappa shape index (κ3) is 11.7. The molecule has 2 aliphatic heterocycles. The van der Waals surface area contributed by atoms with E-state index < -0.39 is 11.5 Å². The Morgan fingerprint density at radius 3 is 1.54 bits per heavy atom. The highest BCUT2D eigenvalue weighted by atomic mass is 16.6. The molecular formula is C32H58O5. The van der Waals surface area contributed by atoms with Gasteiger partial charge in [0, 0.05) is 0 Å². The third-order valence-electron chi connectivity index (χ3n) is 8.35. The lowest BCUT2D eigenvalue weighted by Crippen LogP contribution is -2.70. The van der Waals surface area contributed by atoms with E-state index in [0.717, 1.165) is 38.5 Å². The summed E-state index contributed by atoms with van der Waals surface area (Å²) in [7, 11) is 0. The summed E-state index contributed by atoms with van der Waals surface area (Å²) in [6, 6.07) is 0. The van der Waals surface area contributed by atoms with Gasteiger partial charge in [0.05, 0.1) is 19.3 Å². The predicted octanol–water partition coefficient (Wildman–Crippen LogP) is 8.85. The molecule has 0 amide bonds. The van der Waals surface area contributed by atoms with Gasteiger partial charge in [-0.1, -0.05) is 129 Å². The zero-order valence-corrected chi connectivity index (χ0v) is 24.4. The number of hydrogen-bond donors (Lipinski definition) is 0. The average Bonchev–Trinajstić information content (AvgIpc) is 2.90. The van der Waals surface area contributed by atoms with E-state index in [0.29, 0.717) is 19.6 Å². The second kappa shape index (κ2) is 19.9. The fourth-order valence-electron chi connectivity index (χ4n) is 5.99. The van der Waals surface area contributed by atoms with E-state index in [1.54, 1.807) is 0 Å². The predicted molar refractivity (Wildman–Crippen MR) is 151 cm³/mol. The average molecular weight is 523 g/mol. The number of carbonyl (C=O) groups excluding carboxylic acids is 2. The van der Waals surface area contributed by atoms with Crippen LogP contribution in [0, 0.1) is 5.92 Å². The highest BCUT2D eigenvalue weighted by molar-refractivity contribution is 5.90. The normalized spacial score (nSPS) is 22.4. The molecule has 3 rings (SSSR count). The molecule has 0 aromatic carbocycles. The summed E-state index contributed by atoms with van der Waals surface area (Å²) in [6.07, 6.45) is 27.1. The fraction of sp³-hybridized carbons (Fsp3) is 0.938. The summed E-state index contributed by atoms with van der Waals surface area (Å²) in [6.45, 7) is 5.37. The second-order valence-corrected chi connectivity index (χ2v) is 11.6. The first-order valence-corrected chi connectivity index (χ1v) is 16.2. The van der Waals surface area contributed by atoms with E-state index in [2.05, 4.69) is 13.8 Å². The van der Waals surface area contributed by atoms with Crippen molar-refractivity contribution in [1.82, 2.24) is 0 Å². The molecule has 0 aromatic rings. The van der Waals surface area contributed by atoms with E-state index in [1.807, 2.05) is 0 Å². The van der Waals surface area contributed by atoms with Crippen LogP contribution >= 0.6 is 0 Å². The zero-order chi connectivity index (χ0) is 26.6.